The van der Waals surface area contributed by atoms with E-state index in [2.05, 4.69) is 0 Å². The van der Waals surface area contributed by atoms with Gasteiger partial charge in [-0.1, -0.05) is 0 Å². The third-order valence-corrected chi connectivity index (χ3v) is 4.40. The standard InChI is InChI=1S/C15H13FO2S/c1-8-5-6-19-15(8)13(17)14-9(2)11-7-10(16)3-4-12(11)18-14/h3-7,13,17H,1-2H3. The Morgan fingerprint density at radius 2 is 2.05 bits per heavy atom. The van der Waals surface area contributed by atoms with Crippen molar-refractivity contribution in [2.45, 2.75) is 20.0 Å². The van der Waals surface area contributed by atoms with Crippen LogP contribution in [0.2, 0.25) is 0 Å². The molecule has 0 fully saturated rings. The van der Waals surface area contributed by atoms with Gasteiger partial charge in [-0.25, -0.2) is 4.39 Å². The number of thiophene rings is 1. The van der Waals surface area contributed by atoms with Gasteiger partial charge in [0.25, 0.3) is 0 Å². The molecule has 3 rings (SSSR count). The summed E-state index contributed by atoms with van der Waals surface area (Å²) in [6, 6.07) is 6.35. The van der Waals surface area contributed by atoms with Gasteiger partial charge in [0.2, 0.25) is 0 Å². The summed E-state index contributed by atoms with van der Waals surface area (Å²) in [6.07, 6.45) is -0.796. The molecule has 0 saturated carbocycles. The third kappa shape index (κ3) is 1.97. The number of fused-ring (bicyclic) bond motifs is 1. The van der Waals surface area contributed by atoms with Crippen molar-refractivity contribution in [3.05, 3.63) is 57.2 Å². The van der Waals surface area contributed by atoms with E-state index in [4.69, 9.17) is 4.42 Å². The van der Waals surface area contributed by atoms with E-state index in [-0.39, 0.29) is 5.82 Å². The van der Waals surface area contributed by atoms with Crippen LogP contribution in [0.3, 0.4) is 0 Å². The van der Waals surface area contributed by atoms with Gasteiger partial charge in [-0.2, -0.15) is 0 Å². The second kappa shape index (κ2) is 4.47. The molecule has 0 saturated heterocycles. The highest BCUT2D eigenvalue weighted by Gasteiger charge is 2.22. The molecule has 4 heteroatoms. The average molecular weight is 276 g/mol. The Hall–Kier alpha value is -1.65. The summed E-state index contributed by atoms with van der Waals surface area (Å²) in [7, 11) is 0. The molecule has 98 valence electrons. The maximum absolute atomic E-state index is 13.3. The Morgan fingerprint density at radius 3 is 2.74 bits per heavy atom. The normalized spacial score (nSPS) is 13.1. The van der Waals surface area contributed by atoms with Crippen LogP contribution in [0.5, 0.6) is 0 Å². The van der Waals surface area contributed by atoms with E-state index < -0.39 is 6.10 Å². The molecule has 0 aliphatic rings. The molecule has 3 aromatic rings. The quantitative estimate of drug-likeness (QED) is 0.755. The highest BCUT2D eigenvalue weighted by Crippen LogP contribution is 2.35. The summed E-state index contributed by atoms with van der Waals surface area (Å²) in [5.74, 6) is 0.191. The lowest BCUT2D eigenvalue weighted by atomic mass is 10.1. The first kappa shape index (κ1) is 12.4. The van der Waals surface area contributed by atoms with Crippen molar-refractivity contribution >= 4 is 22.3 Å². The van der Waals surface area contributed by atoms with E-state index in [1.165, 1.54) is 23.5 Å². The monoisotopic (exact) mass is 276 g/mol. The molecular formula is C15H13FO2S. The zero-order valence-corrected chi connectivity index (χ0v) is 11.4. The Bertz CT molecular complexity index is 742. The molecule has 1 aromatic carbocycles. The summed E-state index contributed by atoms with van der Waals surface area (Å²) in [5, 5.41) is 13.1. The number of benzene rings is 1. The van der Waals surface area contributed by atoms with Crippen LogP contribution in [-0.2, 0) is 0 Å². The highest BCUT2D eigenvalue weighted by atomic mass is 32.1. The Balaban J connectivity index is 2.15. The van der Waals surface area contributed by atoms with Crippen LogP contribution in [-0.4, -0.2) is 5.11 Å². The first-order valence-corrected chi connectivity index (χ1v) is 6.86. The van der Waals surface area contributed by atoms with Crippen molar-refractivity contribution in [1.82, 2.24) is 0 Å². The molecule has 2 aromatic heterocycles. The molecule has 2 nitrogen and oxygen atoms in total. The number of halogens is 1. The van der Waals surface area contributed by atoms with Crippen LogP contribution in [0, 0.1) is 19.7 Å². The number of aryl methyl sites for hydroxylation is 2. The minimum absolute atomic E-state index is 0.301. The van der Waals surface area contributed by atoms with E-state index >= 15 is 0 Å². The molecule has 0 radical (unpaired) electrons. The third-order valence-electron chi connectivity index (χ3n) is 3.33. The van der Waals surface area contributed by atoms with Crippen molar-refractivity contribution in [2.75, 3.05) is 0 Å². The number of hydrogen-bond donors (Lipinski definition) is 1. The summed E-state index contributed by atoms with van der Waals surface area (Å²) in [5.41, 5.74) is 2.42. The minimum Gasteiger partial charge on any atom is -0.458 e. The molecule has 0 aliphatic heterocycles. The minimum atomic E-state index is -0.796. The summed E-state index contributed by atoms with van der Waals surface area (Å²) < 4.78 is 18.9. The van der Waals surface area contributed by atoms with Crippen LogP contribution >= 0.6 is 11.3 Å². The van der Waals surface area contributed by atoms with E-state index in [9.17, 15) is 9.50 Å². The van der Waals surface area contributed by atoms with Gasteiger partial charge in [0, 0.05) is 15.8 Å². The average Bonchev–Trinajstić information content (AvgIpc) is 2.94. The molecule has 0 spiro atoms. The van der Waals surface area contributed by atoms with E-state index in [1.54, 1.807) is 6.07 Å². The van der Waals surface area contributed by atoms with Gasteiger partial charge in [0.05, 0.1) is 0 Å². The predicted molar refractivity (Wildman–Crippen MR) is 74.0 cm³/mol. The second-order valence-corrected chi connectivity index (χ2v) is 5.55. The van der Waals surface area contributed by atoms with Crippen molar-refractivity contribution in [3.63, 3.8) is 0 Å². The second-order valence-electron chi connectivity index (χ2n) is 4.60. The zero-order chi connectivity index (χ0) is 13.6. The number of aliphatic hydroxyl groups excluding tert-OH is 1. The molecule has 0 amide bonds. The smallest absolute Gasteiger partial charge is 0.146 e. The summed E-state index contributed by atoms with van der Waals surface area (Å²) in [4.78, 5) is 0.864. The first-order chi connectivity index (χ1) is 9.08. The summed E-state index contributed by atoms with van der Waals surface area (Å²) >= 11 is 1.49. The fraction of sp³-hybridized carbons (Fsp3) is 0.200. The zero-order valence-electron chi connectivity index (χ0n) is 10.6. The van der Waals surface area contributed by atoms with Crippen LogP contribution in [0.4, 0.5) is 4.39 Å². The first-order valence-electron chi connectivity index (χ1n) is 5.98. The topological polar surface area (TPSA) is 33.4 Å². The lowest BCUT2D eigenvalue weighted by Gasteiger charge is -2.08. The van der Waals surface area contributed by atoms with Crippen molar-refractivity contribution in [3.8, 4) is 0 Å². The van der Waals surface area contributed by atoms with Gasteiger partial charge >= 0.3 is 0 Å². The number of aliphatic hydroxyl groups is 1. The fourth-order valence-electron chi connectivity index (χ4n) is 2.26. The van der Waals surface area contributed by atoms with E-state index in [0.717, 1.165) is 16.0 Å². The van der Waals surface area contributed by atoms with Gasteiger partial charge in [-0.3, -0.25) is 0 Å². The van der Waals surface area contributed by atoms with Crippen molar-refractivity contribution in [1.29, 1.82) is 0 Å². The number of rotatable bonds is 2. The molecular weight excluding hydrogens is 263 g/mol. The lowest BCUT2D eigenvalue weighted by Crippen LogP contribution is -1.98. The molecule has 2 heterocycles. The molecule has 1 N–H and O–H groups in total. The van der Waals surface area contributed by atoms with Crippen LogP contribution in [0.25, 0.3) is 11.0 Å². The van der Waals surface area contributed by atoms with Gasteiger partial charge in [-0.05, 0) is 49.1 Å². The van der Waals surface area contributed by atoms with Gasteiger partial charge in [0.15, 0.2) is 0 Å². The molecule has 0 bridgehead atoms. The fourth-order valence-corrected chi connectivity index (χ4v) is 3.17. The summed E-state index contributed by atoms with van der Waals surface area (Å²) in [6.45, 7) is 3.79. The van der Waals surface area contributed by atoms with Crippen LogP contribution in [0.15, 0.2) is 34.1 Å². The molecule has 0 aliphatic carbocycles. The largest absolute Gasteiger partial charge is 0.458 e. The highest BCUT2D eigenvalue weighted by molar-refractivity contribution is 7.10. The number of hydrogen-bond acceptors (Lipinski definition) is 3. The van der Waals surface area contributed by atoms with Gasteiger partial charge in [-0.15, -0.1) is 11.3 Å². The van der Waals surface area contributed by atoms with Crippen molar-refractivity contribution in [2.24, 2.45) is 0 Å². The van der Waals surface area contributed by atoms with Gasteiger partial charge in [0.1, 0.15) is 23.3 Å². The Kier molecular flexibility index (Phi) is 2.92. The van der Waals surface area contributed by atoms with Gasteiger partial charge < -0.3 is 9.52 Å². The molecule has 1 atom stereocenters. The molecule has 19 heavy (non-hydrogen) atoms. The lowest BCUT2D eigenvalue weighted by molar-refractivity contribution is 0.194. The van der Waals surface area contributed by atoms with E-state index in [1.807, 2.05) is 25.3 Å². The maximum atomic E-state index is 13.3. The maximum Gasteiger partial charge on any atom is 0.146 e. The Morgan fingerprint density at radius 1 is 1.26 bits per heavy atom. The number of furan rings is 1. The van der Waals surface area contributed by atoms with Crippen LogP contribution < -0.4 is 0 Å². The van der Waals surface area contributed by atoms with E-state index in [0.29, 0.717) is 16.7 Å². The SMILES string of the molecule is Cc1ccsc1C(O)c1oc2ccc(F)cc2c1C. The van der Waals surface area contributed by atoms with Crippen molar-refractivity contribution < 1.29 is 13.9 Å². The van der Waals surface area contributed by atoms with Crippen LogP contribution in [0.1, 0.15) is 27.9 Å². The predicted octanol–water partition coefficient (Wildman–Crippen LogP) is 4.33. The molecule has 1 unspecified atom stereocenters. The Labute approximate surface area is 114 Å².